The first kappa shape index (κ1) is 15.5. The number of hydrogen-bond acceptors (Lipinski definition) is 5. The minimum atomic E-state index is 0.408. The molecule has 0 aliphatic rings. The number of hydrogen-bond donors (Lipinski definition) is 1. The zero-order chi connectivity index (χ0) is 15.1. The number of methoxy groups -OCH3 is 1. The van der Waals surface area contributed by atoms with Crippen LogP contribution in [0.2, 0.25) is 0 Å². The fourth-order valence-corrected chi connectivity index (χ4v) is 2.02. The molecule has 0 aliphatic carbocycles. The van der Waals surface area contributed by atoms with Crippen molar-refractivity contribution in [1.29, 1.82) is 0 Å². The van der Waals surface area contributed by atoms with Gasteiger partial charge in [0.15, 0.2) is 0 Å². The highest BCUT2D eigenvalue weighted by atomic mass is 16.5. The molecular formula is C16H22N2O3. The van der Waals surface area contributed by atoms with Crippen molar-refractivity contribution in [2.24, 2.45) is 0 Å². The Morgan fingerprint density at radius 1 is 1.24 bits per heavy atom. The van der Waals surface area contributed by atoms with Crippen LogP contribution in [0.1, 0.15) is 22.6 Å². The summed E-state index contributed by atoms with van der Waals surface area (Å²) in [7, 11) is 1.70. The molecule has 0 bridgehead atoms. The fourth-order valence-electron chi connectivity index (χ4n) is 2.02. The van der Waals surface area contributed by atoms with Crippen LogP contribution >= 0.6 is 0 Å². The van der Waals surface area contributed by atoms with Crippen LogP contribution in [0.5, 0.6) is 5.75 Å². The predicted molar refractivity (Wildman–Crippen MR) is 80.3 cm³/mol. The van der Waals surface area contributed by atoms with E-state index >= 15 is 0 Å². The Labute approximate surface area is 125 Å². The molecule has 1 aromatic carbocycles. The number of rotatable bonds is 8. The predicted octanol–water partition coefficient (Wildman–Crippen LogP) is 2.61. The molecule has 2 aromatic rings. The van der Waals surface area contributed by atoms with E-state index in [1.165, 1.54) is 5.56 Å². The van der Waals surface area contributed by atoms with E-state index in [0.717, 1.165) is 35.9 Å². The van der Waals surface area contributed by atoms with E-state index < -0.39 is 0 Å². The lowest BCUT2D eigenvalue weighted by molar-refractivity contribution is 0.199. The van der Waals surface area contributed by atoms with Gasteiger partial charge in [-0.2, -0.15) is 0 Å². The summed E-state index contributed by atoms with van der Waals surface area (Å²) in [5, 5.41) is 7.27. The monoisotopic (exact) mass is 290 g/mol. The zero-order valence-corrected chi connectivity index (χ0v) is 12.8. The maximum atomic E-state index is 5.85. The molecule has 5 nitrogen and oxygen atoms in total. The fraction of sp³-hybridized carbons (Fsp3) is 0.438. The van der Waals surface area contributed by atoms with Crippen molar-refractivity contribution < 1.29 is 14.0 Å². The van der Waals surface area contributed by atoms with Crippen molar-refractivity contribution in [2.75, 3.05) is 20.3 Å². The van der Waals surface area contributed by atoms with E-state index in [-0.39, 0.29) is 0 Å². The van der Waals surface area contributed by atoms with E-state index in [9.17, 15) is 0 Å². The van der Waals surface area contributed by atoms with Gasteiger partial charge in [0.1, 0.15) is 23.8 Å². The maximum Gasteiger partial charge on any atom is 0.134 e. The highest BCUT2D eigenvalue weighted by Crippen LogP contribution is 2.21. The molecule has 0 amide bonds. The molecule has 0 aliphatic heterocycles. The van der Waals surface area contributed by atoms with Gasteiger partial charge in [-0.25, -0.2) is 0 Å². The first-order chi connectivity index (χ1) is 10.2. The van der Waals surface area contributed by atoms with Crippen LogP contribution in [0.3, 0.4) is 0 Å². The van der Waals surface area contributed by atoms with E-state index in [2.05, 4.69) is 23.5 Å². The first-order valence-corrected chi connectivity index (χ1v) is 7.03. The van der Waals surface area contributed by atoms with Crippen molar-refractivity contribution in [2.45, 2.75) is 27.0 Å². The molecule has 0 fully saturated rings. The highest BCUT2D eigenvalue weighted by Gasteiger charge is 2.06. The molecule has 0 unspecified atom stereocenters. The van der Waals surface area contributed by atoms with Gasteiger partial charge in [-0.05, 0) is 19.9 Å². The van der Waals surface area contributed by atoms with Gasteiger partial charge in [-0.3, -0.25) is 0 Å². The Bertz CT molecular complexity index is 566. The van der Waals surface area contributed by atoms with E-state index in [1.54, 1.807) is 7.11 Å². The van der Waals surface area contributed by atoms with Crippen molar-refractivity contribution in [3.63, 3.8) is 0 Å². The average molecular weight is 290 g/mol. The number of aryl methyl sites for hydroxylation is 2. The smallest absolute Gasteiger partial charge is 0.134 e. The second-order valence-electron chi connectivity index (χ2n) is 5.00. The lowest BCUT2D eigenvalue weighted by Crippen LogP contribution is -2.19. The molecule has 1 N–H and O–H groups in total. The average Bonchev–Trinajstić information content (AvgIpc) is 2.88. The number of ether oxygens (including phenoxy) is 2. The molecule has 5 heteroatoms. The largest absolute Gasteiger partial charge is 0.487 e. The number of benzene rings is 1. The molecule has 0 atom stereocenters. The zero-order valence-electron chi connectivity index (χ0n) is 12.8. The van der Waals surface area contributed by atoms with Crippen LogP contribution in [-0.2, 0) is 17.9 Å². The molecule has 1 heterocycles. The highest BCUT2D eigenvalue weighted by molar-refractivity contribution is 5.37. The normalized spacial score (nSPS) is 10.8. The standard InChI is InChI=1S/C16H22N2O3/c1-12-4-5-16(14(8-12)10-17-6-7-19-3)20-11-15-9-13(2)21-18-15/h4-5,8-9,17H,6-7,10-11H2,1-3H3. The lowest BCUT2D eigenvalue weighted by Gasteiger charge is -2.12. The van der Waals surface area contributed by atoms with E-state index in [4.69, 9.17) is 14.0 Å². The summed E-state index contributed by atoms with van der Waals surface area (Å²) >= 11 is 0. The van der Waals surface area contributed by atoms with Crippen LogP contribution < -0.4 is 10.1 Å². The van der Waals surface area contributed by atoms with Crippen LogP contribution in [0, 0.1) is 13.8 Å². The van der Waals surface area contributed by atoms with Gasteiger partial charge in [0, 0.05) is 31.8 Å². The third kappa shape index (κ3) is 4.88. The second-order valence-corrected chi connectivity index (χ2v) is 5.00. The van der Waals surface area contributed by atoms with Crippen molar-refractivity contribution in [3.05, 3.63) is 46.8 Å². The van der Waals surface area contributed by atoms with Crippen LogP contribution in [0.15, 0.2) is 28.8 Å². The molecular weight excluding hydrogens is 268 g/mol. The third-order valence-corrected chi connectivity index (χ3v) is 3.07. The number of nitrogens with one attached hydrogen (secondary N) is 1. The summed E-state index contributed by atoms with van der Waals surface area (Å²) < 4.78 is 15.9. The maximum absolute atomic E-state index is 5.85. The summed E-state index contributed by atoms with van der Waals surface area (Å²) in [6.07, 6.45) is 0. The minimum Gasteiger partial charge on any atom is -0.487 e. The SMILES string of the molecule is COCCNCc1cc(C)ccc1OCc1cc(C)on1. The molecule has 0 radical (unpaired) electrons. The Kier molecular flexibility index (Phi) is 5.78. The van der Waals surface area contributed by atoms with Gasteiger partial charge in [-0.15, -0.1) is 0 Å². The number of aromatic nitrogens is 1. The molecule has 21 heavy (non-hydrogen) atoms. The molecule has 114 valence electrons. The molecule has 0 saturated carbocycles. The Balaban J connectivity index is 1.97. The first-order valence-electron chi connectivity index (χ1n) is 7.03. The Morgan fingerprint density at radius 2 is 2.10 bits per heavy atom. The summed E-state index contributed by atoms with van der Waals surface area (Å²) in [5.41, 5.74) is 3.14. The van der Waals surface area contributed by atoms with Gasteiger partial charge in [0.2, 0.25) is 0 Å². The topological polar surface area (TPSA) is 56.5 Å². The van der Waals surface area contributed by atoms with Crippen molar-refractivity contribution in [1.82, 2.24) is 10.5 Å². The van der Waals surface area contributed by atoms with Gasteiger partial charge in [-0.1, -0.05) is 22.9 Å². The van der Waals surface area contributed by atoms with Crippen LogP contribution in [0.4, 0.5) is 0 Å². The van der Waals surface area contributed by atoms with Crippen molar-refractivity contribution >= 4 is 0 Å². The summed E-state index contributed by atoms with van der Waals surface area (Å²) in [6.45, 7) is 6.60. The van der Waals surface area contributed by atoms with E-state index in [1.807, 2.05) is 25.1 Å². The van der Waals surface area contributed by atoms with Gasteiger partial charge in [0.05, 0.1) is 6.61 Å². The van der Waals surface area contributed by atoms with Crippen LogP contribution in [0.25, 0.3) is 0 Å². The third-order valence-electron chi connectivity index (χ3n) is 3.07. The summed E-state index contributed by atoms with van der Waals surface area (Å²) in [6, 6.07) is 8.05. The van der Waals surface area contributed by atoms with E-state index in [0.29, 0.717) is 13.2 Å². The molecule has 0 spiro atoms. The second kappa shape index (κ2) is 7.81. The van der Waals surface area contributed by atoms with Gasteiger partial charge in [0.25, 0.3) is 0 Å². The number of nitrogens with zero attached hydrogens (tertiary/aromatic N) is 1. The van der Waals surface area contributed by atoms with Crippen molar-refractivity contribution in [3.8, 4) is 5.75 Å². The lowest BCUT2D eigenvalue weighted by atomic mass is 10.1. The van der Waals surface area contributed by atoms with Gasteiger partial charge < -0.3 is 19.3 Å². The molecule has 1 aromatic heterocycles. The van der Waals surface area contributed by atoms with Gasteiger partial charge >= 0.3 is 0 Å². The Hall–Kier alpha value is -1.85. The Morgan fingerprint density at radius 3 is 2.81 bits per heavy atom. The molecule has 0 saturated heterocycles. The van der Waals surface area contributed by atoms with Crippen LogP contribution in [-0.4, -0.2) is 25.4 Å². The molecule has 2 rings (SSSR count). The quantitative estimate of drug-likeness (QED) is 0.757. The minimum absolute atomic E-state index is 0.408. The summed E-state index contributed by atoms with van der Waals surface area (Å²) in [4.78, 5) is 0. The summed E-state index contributed by atoms with van der Waals surface area (Å²) in [5.74, 6) is 1.66.